The summed E-state index contributed by atoms with van der Waals surface area (Å²) in [6.07, 6.45) is 0. The third-order valence-corrected chi connectivity index (χ3v) is 4.47. The summed E-state index contributed by atoms with van der Waals surface area (Å²) in [5, 5.41) is 5.62. The molecule has 0 spiro atoms. The number of nitrogens with zero attached hydrogens (tertiary/aromatic N) is 1. The van der Waals surface area contributed by atoms with E-state index in [1.807, 2.05) is 12.1 Å². The second-order valence-electron chi connectivity index (χ2n) is 5.15. The molecule has 0 saturated carbocycles. The highest BCUT2D eigenvalue weighted by molar-refractivity contribution is 7.09. The summed E-state index contributed by atoms with van der Waals surface area (Å²) in [6.45, 7) is 0.543. The van der Waals surface area contributed by atoms with Crippen molar-refractivity contribution in [3.63, 3.8) is 0 Å². The van der Waals surface area contributed by atoms with Crippen molar-refractivity contribution in [2.75, 3.05) is 0 Å². The van der Waals surface area contributed by atoms with E-state index in [1.54, 1.807) is 29.6 Å². The van der Waals surface area contributed by atoms with E-state index in [1.165, 1.54) is 23.5 Å². The fourth-order valence-electron chi connectivity index (χ4n) is 2.06. The van der Waals surface area contributed by atoms with Crippen molar-refractivity contribution < 1.29 is 13.9 Å². The van der Waals surface area contributed by atoms with Crippen molar-refractivity contribution in [1.82, 2.24) is 10.3 Å². The number of nitrogens with one attached hydrogen (secondary N) is 1. The van der Waals surface area contributed by atoms with E-state index in [4.69, 9.17) is 16.3 Å². The van der Waals surface area contributed by atoms with Crippen LogP contribution in [-0.2, 0) is 13.2 Å². The quantitative estimate of drug-likeness (QED) is 0.691. The molecule has 1 aromatic heterocycles. The van der Waals surface area contributed by atoms with E-state index in [0.717, 1.165) is 5.56 Å². The topological polar surface area (TPSA) is 51.2 Å². The van der Waals surface area contributed by atoms with E-state index in [0.29, 0.717) is 28.0 Å². The highest BCUT2D eigenvalue weighted by Gasteiger charge is 2.11. The number of rotatable bonds is 6. The number of benzene rings is 2. The van der Waals surface area contributed by atoms with E-state index in [2.05, 4.69) is 10.3 Å². The Labute approximate surface area is 153 Å². The lowest BCUT2D eigenvalue weighted by Gasteiger charge is -2.05. The van der Waals surface area contributed by atoms with E-state index in [9.17, 15) is 9.18 Å². The number of carbonyl (C=O) groups excluding carboxylic acids is 1. The lowest BCUT2D eigenvalue weighted by molar-refractivity contribution is 0.0946. The molecule has 0 saturated heterocycles. The first kappa shape index (κ1) is 17.4. The third-order valence-electron chi connectivity index (χ3n) is 3.34. The summed E-state index contributed by atoms with van der Waals surface area (Å²) in [7, 11) is 0. The Kier molecular flexibility index (Phi) is 5.63. The zero-order valence-electron chi connectivity index (χ0n) is 13.0. The number of hydrogen-bond acceptors (Lipinski definition) is 4. The van der Waals surface area contributed by atoms with Crippen LogP contribution in [-0.4, -0.2) is 10.9 Å². The van der Waals surface area contributed by atoms with Gasteiger partial charge in [0.15, 0.2) is 0 Å². The third kappa shape index (κ3) is 4.78. The SMILES string of the molecule is O=C(NCc1ccc(F)cc1)c1csc(COc2ccccc2Cl)n1. The lowest BCUT2D eigenvalue weighted by Crippen LogP contribution is -2.23. The number of amides is 1. The minimum absolute atomic E-state index is 0.236. The van der Waals surface area contributed by atoms with Crippen LogP contribution in [0.5, 0.6) is 5.75 Å². The lowest BCUT2D eigenvalue weighted by atomic mass is 10.2. The summed E-state index contributed by atoms with van der Waals surface area (Å²) < 4.78 is 18.5. The number of thiazole rings is 1. The monoisotopic (exact) mass is 376 g/mol. The predicted molar refractivity (Wildman–Crippen MR) is 95.5 cm³/mol. The van der Waals surface area contributed by atoms with Crippen LogP contribution in [0.15, 0.2) is 53.9 Å². The number of para-hydroxylation sites is 1. The molecular weight excluding hydrogens is 363 g/mol. The van der Waals surface area contributed by atoms with Crippen LogP contribution in [0.3, 0.4) is 0 Å². The average molecular weight is 377 g/mol. The molecule has 0 atom stereocenters. The molecule has 128 valence electrons. The van der Waals surface area contributed by atoms with Gasteiger partial charge in [-0.05, 0) is 29.8 Å². The highest BCUT2D eigenvalue weighted by atomic mass is 35.5. The van der Waals surface area contributed by atoms with Crippen molar-refractivity contribution in [2.24, 2.45) is 0 Å². The fraction of sp³-hybridized carbons (Fsp3) is 0.111. The maximum Gasteiger partial charge on any atom is 0.271 e. The molecule has 0 radical (unpaired) electrons. The largest absolute Gasteiger partial charge is 0.485 e. The van der Waals surface area contributed by atoms with Gasteiger partial charge < -0.3 is 10.1 Å². The molecule has 0 aliphatic rings. The van der Waals surface area contributed by atoms with Gasteiger partial charge in [-0.25, -0.2) is 9.37 Å². The van der Waals surface area contributed by atoms with Gasteiger partial charge in [-0.1, -0.05) is 35.9 Å². The summed E-state index contributed by atoms with van der Waals surface area (Å²) in [5.41, 5.74) is 1.14. The first-order chi connectivity index (χ1) is 12.1. The summed E-state index contributed by atoms with van der Waals surface area (Å²) in [4.78, 5) is 16.4. The molecule has 1 amide bonds. The van der Waals surface area contributed by atoms with Crippen LogP contribution in [0, 0.1) is 5.82 Å². The molecule has 7 heteroatoms. The molecule has 0 bridgehead atoms. The van der Waals surface area contributed by atoms with Gasteiger partial charge in [0.1, 0.15) is 28.9 Å². The zero-order valence-corrected chi connectivity index (χ0v) is 14.6. The second-order valence-corrected chi connectivity index (χ2v) is 6.50. The Morgan fingerprint density at radius 1 is 1.20 bits per heavy atom. The molecule has 3 rings (SSSR count). The maximum absolute atomic E-state index is 12.9. The first-order valence-corrected chi connectivity index (χ1v) is 8.72. The normalized spacial score (nSPS) is 10.5. The van der Waals surface area contributed by atoms with Crippen molar-refractivity contribution in [3.8, 4) is 5.75 Å². The van der Waals surface area contributed by atoms with Crippen LogP contribution in [0.4, 0.5) is 4.39 Å². The van der Waals surface area contributed by atoms with Gasteiger partial charge in [0.2, 0.25) is 0 Å². The number of carbonyl (C=O) groups is 1. The van der Waals surface area contributed by atoms with Gasteiger partial charge in [-0.15, -0.1) is 11.3 Å². The van der Waals surface area contributed by atoms with Crippen molar-refractivity contribution >= 4 is 28.8 Å². The van der Waals surface area contributed by atoms with Gasteiger partial charge in [0.25, 0.3) is 5.91 Å². The van der Waals surface area contributed by atoms with Gasteiger partial charge in [-0.3, -0.25) is 4.79 Å². The Balaban J connectivity index is 1.54. The molecular formula is C18H14ClFN2O2S. The Morgan fingerprint density at radius 2 is 1.96 bits per heavy atom. The summed E-state index contributed by atoms with van der Waals surface area (Å²) in [5.74, 6) is -0.0241. The van der Waals surface area contributed by atoms with Crippen LogP contribution in [0.1, 0.15) is 21.1 Å². The first-order valence-electron chi connectivity index (χ1n) is 7.46. The molecule has 2 aromatic carbocycles. The maximum atomic E-state index is 12.9. The van der Waals surface area contributed by atoms with Gasteiger partial charge in [-0.2, -0.15) is 0 Å². The molecule has 1 N–H and O–H groups in total. The Hall–Kier alpha value is -2.44. The minimum atomic E-state index is -0.308. The van der Waals surface area contributed by atoms with Gasteiger partial charge in [0.05, 0.1) is 5.02 Å². The number of hydrogen-bond donors (Lipinski definition) is 1. The zero-order chi connectivity index (χ0) is 17.6. The van der Waals surface area contributed by atoms with Crippen LogP contribution < -0.4 is 10.1 Å². The molecule has 0 aliphatic carbocycles. The smallest absolute Gasteiger partial charge is 0.271 e. The second kappa shape index (κ2) is 8.09. The average Bonchev–Trinajstić information content (AvgIpc) is 3.09. The number of aromatic nitrogens is 1. The fourth-order valence-corrected chi connectivity index (χ4v) is 2.93. The van der Waals surface area contributed by atoms with Crippen LogP contribution in [0.2, 0.25) is 5.02 Å². The Morgan fingerprint density at radius 3 is 2.72 bits per heavy atom. The van der Waals surface area contributed by atoms with Gasteiger partial charge in [0, 0.05) is 11.9 Å². The molecule has 4 nitrogen and oxygen atoms in total. The minimum Gasteiger partial charge on any atom is -0.485 e. The molecule has 0 unspecified atom stereocenters. The molecule has 1 heterocycles. The predicted octanol–water partition coefficient (Wildman–Crippen LogP) is 4.44. The Bertz CT molecular complexity index is 868. The molecule has 25 heavy (non-hydrogen) atoms. The number of halogens is 2. The van der Waals surface area contributed by atoms with Crippen molar-refractivity contribution in [3.05, 3.63) is 81.0 Å². The van der Waals surface area contributed by atoms with Crippen molar-refractivity contribution in [2.45, 2.75) is 13.2 Å². The number of ether oxygens (including phenoxy) is 1. The van der Waals surface area contributed by atoms with Crippen molar-refractivity contribution in [1.29, 1.82) is 0 Å². The standard InChI is InChI=1S/C18H14ClFN2O2S/c19-14-3-1-2-4-16(14)24-10-17-22-15(11-25-17)18(23)21-9-12-5-7-13(20)8-6-12/h1-8,11H,9-10H2,(H,21,23). The summed E-state index contributed by atoms with van der Waals surface area (Å²) >= 11 is 7.36. The van der Waals surface area contributed by atoms with E-state index in [-0.39, 0.29) is 18.3 Å². The van der Waals surface area contributed by atoms with E-state index < -0.39 is 0 Å². The molecule has 3 aromatic rings. The highest BCUT2D eigenvalue weighted by Crippen LogP contribution is 2.24. The molecule has 0 aliphatic heterocycles. The van der Waals surface area contributed by atoms with Crippen LogP contribution >= 0.6 is 22.9 Å². The molecule has 0 fully saturated rings. The van der Waals surface area contributed by atoms with Crippen LogP contribution in [0.25, 0.3) is 0 Å². The van der Waals surface area contributed by atoms with Gasteiger partial charge >= 0.3 is 0 Å². The summed E-state index contributed by atoms with van der Waals surface area (Å²) in [6, 6.07) is 13.1. The van der Waals surface area contributed by atoms with E-state index >= 15 is 0 Å².